The largest absolute Gasteiger partial charge is 0.387 e. The highest BCUT2D eigenvalue weighted by Gasteiger charge is 2.11. The van der Waals surface area contributed by atoms with Crippen LogP contribution in [0.15, 0.2) is 60.9 Å². The summed E-state index contributed by atoms with van der Waals surface area (Å²) in [6.45, 7) is 2.42. The molecule has 124 valence electrons. The summed E-state index contributed by atoms with van der Waals surface area (Å²) in [5.41, 5.74) is 2.73. The maximum Gasteiger partial charge on any atom is 0.123 e. The lowest BCUT2D eigenvalue weighted by atomic mass is 10.1. The molecule has 1 heterocycles. The molecule has 3 rings (SSSR count). The van der Waals surface area contributed by atoms with E-state index in [0.717, 1.165) is 11.3 Å². The van der Waals surface area contributed by atoms with Crippen LogP contribution in [0, 0.1) is 5.82 Å². The van der Waals surface area contributed by atoms with Gasteiger partial charge in [0, 0.05) is 12.6 Å². The van der Waals surface area contributed by atoms with Crippen molar-refractivity contribution in [3.05, 3.63) is 77.9 Å². The minimum atomic E-state index is -0.678. The molecule has 0 saturated carbocycles. The normalized spacial score (nSPS) is 13.6. The fourth-order valence-corrected chi connectivity index (χ4v) is 2.47. The van der Waals surface area contributed by atoms with Gasteiger partial charge in [-0.3, -0.25) is 0 Å². The van der Waals surface area contributed by atoms with Crippen LogP contribution in [0.3, 0.4) is 0 Å². The Hall–Kier alpha value is -2.57. The summed E-state index contributed by atoms with van der Waals surface area (Å²) in [5, 5.41) is 21.2. The molecule has 0 saturated heterocycles. The van der Waals surface area contributed by atoms with Crippen molar-refractivity contribution in [2.75, 3.05) is 6.54 Å². The lowest BCUT2D eigenvalue weighted by Crippen LogP contribution is -2.24. The zero-order chi connectivity index (χ0) is 16.9. The van der Waals surface area contributed by atoms with E-state index in [9.17, 15) is 9.50 Å². The molecule has 0 radical (unpaired) electrons. The maximum absolute atomic E-state index is 12.9. The molecule has 2 unspecified atom stereocenters. The van der Waals surface area contributed by atoms with Crippen LogP contribution in [0.5, 0.6) is 0 Å². The topological polar surface area (TPSA) is 63.0 Å². The van der Waals surface area contributed by atoms with E-state index in [1.54, 1.807) is 29.2 Å². The fraction of sp³-hybridized carbons (Fsp3) is 0.222. The van der Waals surface area contributed by atoms with Crippen molar-refractivity contribution in [1.82, 2.24) is 20.3 Å². The summed E-state index contributed by atoms with van der Waals surface area (Å²) in [6, 6.07) is 13.9. The number of rotatable bonds is 6. The Morgan fingerprint density at radius 1 is 1.08 bits per heavy atom. The van der Waals surface area contributed by atoms with Gasteiger partial charge in [0.1, 0.15) is 5.82 Å². The molecule has 24 heavy (non-hydrogen) atoms. The van der Waals surface area contributed by atoms with Crippen LogP contribution in [0.2, 0.25) is 0 Å². The van der Waals surface area contributed by atoms with Crippen molar-refractivity contribution in [1.29, 1.82) is 0 Å². The highest BCUT2D eigenvalue weighted by molar-refractivity contribution is 5.34. The third kappa shape index (κ3) is 3.84. The first-order chi connectivity index (χ1) is 11.6. The number of aliphatic hydroxyl groups excluding tert-OH is 1. The first-order valence-electron chi connectivity index (χ1n) is 7.77. The number of benzene rings is 2. The second kappa shape index (κ2) is 7.33. The number of hydrogen-bond donors (Lipinski definition) is 2. The molecule has 2 N–H and O–H groups in total. The third-order valence-corrected chi connectivity index (χ3v) is 3.95. The van der Waals surface area contributed by atoms with E-state index in [2.05, 4.69) is 15.6 Å². The lowest BCUT2D eigenvalue weighted by molar-refractivity contribution is 0.170. The molecule has 2 atom stereocenters. The number of nitrogens with one attached hydrogen (secondary N) is 1. The number of halogens is 1. The predicted octanol–water partition coefficient (Wildman–Crippen LogP) is 2.79. The lowest BCUT2D eigenvalue weighted by Gasteiger charge is -2.18. The summed E-state index contributed by atoms with van der Waals surface area (Å²) >= 11 is 0. The SMILES string of the molecule is CC(NCC(O)c1ccc(F)cc1)c1ccc(-n2ccnn2)cc1. The summed E-state index contributed by atoms with van der Waals surface area (Å²) in [5.74, 6) is -0.306. The molecule has 0 amide bonds. The number of hydrogen-bond acceptors (Lipinski definition) is 4. The van der Waals surface area contributed by atoms with Crippen molar-refractivity contribution < 1.29 is 9.50 Å². The van der Waals surface area contributed by atoms with E-state index in [1.807, 2.05) is 31.2 Å². The monoisotopic (exact) mass is 326 g/mol. The standard InChI is InChI=1S/C18H19FN4O/c1-13(20-12-18(24)15-2-6-16(19)7-3-15)14-4-8-17(9-5-14)23-11-10-21-22-23/h2-11,13,18,20,24H,12H2,1H3. The molecule has 0 spiro atoms. The Bertz CT molecular complexity index is 757. The molecule has 5 nitrogen and oxygen atoms in total. The van der Waals surface area contributed by atoms with Crippen LogP contribution in [0.4, 0.5) is 4.39 Å². The molecule has 3 aromatic rings. The Kier molecular flexibility index (Phi) is 4.98. The maximum atomic E-state index is 12.9. The van der Waals surface area contributed by atoms with Crippen molar-refractivity contribution in [2.45, 2.75) is 19.1 Å². The highest BCUT2D eigenvalue weighted by Crippen LogP contribution is 2.17. The molecule has 0 aliphatic heterocycles. The van der Waals surface area contributed by atoms with Crippen molar-refractivity contribution >= 4 is 0 Å². The van der Waals surface area contributed by atoms with E-state index < -0.39 is 6.10 Å². The van der Waals surface area contributed by atoms with Crippen LogP contribution >= 0.6 is 0 Å². The molecular formula is C18H19FN4O. The van der Waals surface area contributed by atoms with Gasteiger partial charge in [-0.25, -0.2) is 9.07 Å². The van der Waals surface area contributed by atoms with Crippen molar-refractivity contribution in [2.24, 2.45) is 0 Å². The molecule has 2 aromatic carbocycles. The van der Waals surface area contributed by atoms with Gasteiger partial charge in [-0.05, 0) is 42.3 Å². The second-order valence-corrected chi connectivity index (χ2v) is 5.64. The fourth-order valence-electron chi connectivity index (χ4n) is 2.47. The summed E-state index contributed by atoms with van der Waals surface area (Å²) in [7, 11) is 0. The third-order valence-electron chi connectivity index (χ3n) is 3.95. The first kappa shape index (κ1) is 16.3. The van der Waals surface area contributed by atoms with E-state index in [1.165, 1.54) is 12.1 Å². The van der Waals surface area contributed by atoms with Crippen LogP contribution in [0.1, 0.15) is 30.2 Å². The van der Waals surface area contributed by atoms with E-state index in [4.69, 9.17) is 0 Å². The molecular weight excluding hydrogens is 307 g/mol. The minimum Gasteiger partial charge on any atom is -0.387 e. The highest BCUT2D eigenvalue weighted by atomic mass is 19.1. The van der Waals surface area contributed by atoms with Gasteiger partial charge >= 0.3 is 0 Å². The molecule has 1 aromatic heterocycles. The van der Waals surface area contributed by atoms with Gasteiger partial charge in [-0.1, -0.05) is 29.5 Å². The molecule has 6 heteroatoms. The molecule has 0 bridgehead atoms. The van der Waals surface area contributed by atoms with Gasteiger partial charge in [0.2, 0.25) is 0 Å². The van der Waals surface area contributed by atoms with E-state index >= 15 is 0 Å². The quantitative estimate of drug-likeness (QED) is 0.731. The smallest absolute Gasteiger partial charge is 0.123 e. The molecule has 0 fully saturated rings. The van der Waals surface area contributed by atoms with Gasteiger partial charge in [-0.2, -0.15) is 0 Å². The Morgan fingerprint density at radius 2 is 1.75 bits per heavy atom. The number of nitrogens with zero attached hydrogens (tertiary/aromatic N) is 3. The number of aromatic nitrogens is 3. The first-order valence-corrected chi connectivity index (χ1v) is 7.77. The summed E-state index contributed by atoms with van der Waals surface area (Å²) in [6.07, 6.45) is 2.74. The van der Waals surface area contributed by atoms with Gasteiger partial charge in [0.05, 0.1) is 24.2 Å². The Labute approximate surface area is 139 Å². The van der Waals surface area contributed by atoms with Gasteiger partial charge < -0.3 is 10.4 Å². The zero-order valence-corrected chi connectivity index (χ0v) is 13.3. The summed E-state index contributed by atoms with van der Waals surface area (Å²) in [4.78, 5) is 0. The second-order valence-electron chi connectivity index (χ2n) is 5.64. The van der Waals surface area contributed by atoms with E-state index in [-0.39, 0.29) is 11.9 Å². The van der Waals surface area contributed by atoms with Crippen molar-refractivity contribution in [3.8, 4) is 5.69 Å². The Morgan fingerprint density at radius 3 is 2.38 bits per heavy atom. The predicted molar refractivity (Wildman–Crippen MR) is 89.1 cm³/mol. The van der Waals surface area contributed by atoms with Crippen molar-refractivity contribution in [3.63, 3.8) is 0 Å². The van der Waals surface area contributed by atoms with Gasteiger partial charge in [0.25, 0.3) is 0 Å². The van der Waals surface area contributed by atoms with Gasteiger partial charge in [-0.15, -0.1) is 5.10 Å². The van der Waals surface area contributed by atoms with Crippen LogP contribution in [-0.4, -0.2) is 26.6 Å². The zero-order valence-electron chi connectivity index (χ0n) is 13.3. The number of aliphatic hydroxyl groups is 1. The Balaban J connectivity index is 1.58. The minimum absolute atomic E-state index is 0.0740. The average molecular weight is 326 g/mol. The van der Waals surface area contributed by atoms with Crippen LogP contribution < -0.4 is 5.32 Å². The van der Waals surface area contributed by atoms with E-state index in [0.29, 0.717) is 12.1 Å². The average Bonchev–Trinajstić information content (AvgIpc) is 3.15. The molecule has 0 aliphatic rings. The van der Waals surface area contributed by atoms with Crippen LogP contribution in [0.25, 0.3) is 5.69 Å². The molecule has 0 aliphatic carbocycles. The summed E-state index contributed by atoms with van der Waals surface area (Å²) < 4.78 is 14.6. The van der Waals surface area contributed by atoms with Gasteiger partial charge in [0.15, 0.2) is 0 Å². The van der Waals surface area contributed by atoms with Crippen LogP contribution in [-0.2, 0) is 0 Å².